The Morgan fingerprint density at radius 3 is 2.03 bits per heavy atom. The van der Waals surface area contributed by atoms with Gasteiger partial charge in [-0.1, -0.05) is 75.7 Å². The number of carbonyl (C=O) groups excluding carboxylic acids is 1. The van der Waals surface area contributed by atoms with Gasteiger partial charge in [0.2, 0.25) is 0 Å². The van der Waals surface area contributed by atoms with Gasteiger partial charge in [-0.15, -0.1) is 0 Å². The molecule has 0 heterocycles. The molecule has 1 aliphatic rings. The summed E-state index contributed by atoms with van der Waals surface area (Å²) in [5.74, 6) is -0.887. The van der Waals surface area contributed by atoms with E-state index in [1.54, 1.807) is 6.92 Å². The largest absolute Gasteiger partial charge is 0.481 e. The number of rotatable bonds is 9. The summed E-state index contributed by atoms with van der Waals surface area (Å²) in [4.78, 5) is 23.0. The van der Waals surface area contributed by atoms with Crippen molar-refractivity contribution in [2.45, 2.75) is 58.5 Å². The maximum atomic E-state index is 12.1. The van der Waals surface area contributed by atoms with Crippen LogP contribution in [-0.2, 0) is 14.3 Å². The molecule has 32 heavy (non-hydrogen) atoms. The summed E-state index contributed by atoms with van der Waals surface area (Å²) in [6.07, 6.45) is 1.24. The van der Waals surface area contributed by atoms with Gasteiger partial charge in [0.1, 0.15) is 6.61 Å². The first-order valence-electron chi connectivity index (χ1n) is 11.3. The van der Waals surface area contributed by atoms with Crippen molar-refractivity contribution < 1.29 is 24.2 Å². The number of benzene rings is 2. The minimum absolute atomic E-state index is 0.0170. The fourth-order valence-corrected chi connectivity index (χ4v) is 3.70. The van der Waals surface area contributed by atoms with E-state index in [0.717, 1.165) is 11.1 Å². The lowest BCUT2D eigenvalue weighted by atomic mass is 9.98. The number of fused-ring (bicyclic) bond motifs is 3. The molecule has 0 fully saturated rings. The number of hydrogen-bond donors (Lipinski definition) is 2. The van der Waals surface area contributed by atoms with Crippen molar-refractivity contribution >= 4 is 12.1 Å². The Balaban J connectivity index is 0.00000114. The molecule has 3 rings (SSSR count). The van der Waals surface area contributed by atoms with Crippen LogP contribution in [-0.4, -0.2) is 42.5 Å². The Bertz CT molecular complexity index is 852. The van der Waals surface area contributed by atoms with Crippen LogP contribution in [0.3, 0.4) is 0 Å². The van der Waals surface area contributed by atoms with Crippen LogP contribution in [0.1, 0.15) is 64.0 Å². The molecule has 0 radical (unpaired) electrons. The molecule has 1 amide bonds. The Hall–Kier alpha value is -2.86. The van der Waals surface area contributed by atoms with Crippen LogP contribution in [0.15, 0.2) is 48.5 Å². The number of hydrogen-bond acceptors (Lipinski definition) is 4. The number of alkyl carbamates (subject to hydrolysis) is 1. The molecular formula is C26H35NO5. The number of carboxylic acids is 1. The summed E-state index contributed by atoms with van der Waals surface area (Å²) in [6, 6.07) is 16.3. The minimum Gasteiger partial charge on any atom is -0.481 e. The van der Waals surface area contributed by atoms with E-state index in [-0.39, 0.29) is 32.1 Å². The molecule has 1 unspecified atom stereocenters. The summed E-state index contributed by atoms with van der Waals surface area (Å²) in [7, 11) is 0. The zero-order valence-electron chi connectivity index (χ0n) is 19.5. The molecule has 1 atom stereocenters. The van der Waals surface area contributed by atoms with Crippen LogP contribution in [0.2, 0.25) is 0 Å². The Kier molecular flexibility index (Phi) is 9.72. The summed E-state index contributed by atoms with van der Waals surface area (Å²) in [5.41, 5.74) is 3.95. The van der Waals surface area contributed by atoms with Gasteiger partial charge in [-0.05, 0) is 35.6 Å². The highest BCUT2D eigenvalue weighted by Crippen LogP contribution is 2.44. The van der Waals surface area contributed by atoms with Crippen LogP contribution in [0.4, 0.5) is 4.79 Å². The molecule has 2 aromatic carbocycles. The van der Waals surface area contributed by atoms with Gasteiger partial charge in [0.15, 0.2) is 0 Å². The molecule has 0 saturated carbocycles. The van der Waals surface area contributed by atoms with E-state index >= 15 is 0 Å². The third-order valence-electron chi connectivity index (χ3n) is 5.44. The molecule has 2 N–H and O–H groups in total. The number of carboxylic acid groups (broad SMARTS) is 1. The van der Waals surface area contributed by atoms with E-state index < -0.39 is 17.7 Å². The molecular weight excluding hydrogens is 406 g/mol. The van der Waals surface area contributed by atoms with E-state index in [0.29, 0.717) is 6.42 Å². The molecule has 6 nitrogen and oxygen atoms in total. The van der Waals surface area contributed by atoms with E-state index in [1.165, 1.54) is 17.5 Å². The van der Waals surface area contributed by atoms with E-state index in [1.807, 2.05) is 31.2 Å². The predicted molar refractivity (Wildman–Crippen MR) is 126 cm³/mol. The normalized spacial score (nSPS) is 13.8. The first-order valence-corrected chi connectivity index (χ1v) is 11.3. The number of ether oxygens (including phenoxy) is 2. The van der Waals surface area contributed by atoms with E-state index in [9.17, 15) is 9.59 Å². The zero-order chi connectivity index (χ0) is 23.6. The minimum atomic E-state index is -0.904. The van der Waals surface area contributed by atoms with Crippen molar-refractivity contribution in [3.8, 4) is 11.1 Å². The van der Waals surface area contributed by atoms with Crippen LogP contribution < -0.4 is 5.32 Å². The number of amides is 1. The molecule has 0 saturated heterocycles. The molecule has 174 valence electrons. The van der Waals surface area contributed by atoms with Crippen molar-refractivity contribution in [3.63, 3.8) is 0 Å². The van der Waals surface area contributed by atoms with Crippen LogP contribution in [0.25, 0.3) is 11.1 Å². The van der Waals surface area contributed by atoms with Gasteiger partial charge in [0.05, 0.1) is 18.6 Å². The standard InChI is InChI=1S/C23H27NO5.C3H8/c1-3-23(2,14-21(25)26)29-13-12-24-22(27)28-15-20-18-10-6-4-8-16(18)17-9-5-7-11-19(17)20;1-3-2/h4-11,20H,3,12-15H2,1-2H3,(H,24,27)(H,25,26);3H2,1-2H3. The van der Waals surface area contributed by atoms with Gasteiger partial charge in [-0.2, -0.15) is 0 Å². The van der Waals surface area contributed by atoms with Gasteiger partial charge in [-0.25, -0.2) is 4.79 Å². The highest BCUT2D eigenvalue weighted by molar-refractivity contribution is 5.79. The van der Waals surface area contributed by atoms with Gasteiger partial charge in [0.25, 0.3) is 0 Å². The molecule has 0 spiro atoms. The third kappa shape index (κ3) is 6.82. The zero-order valence-corrected chi connectivity index (χ0v) is 19.5. The highest BCUT2D eigenvalue weighted by Gasteiger charge is 2.29. The molecule has 1 aliphatic carbocycles. The average Bonchev–Trinajstić information content (AvgIpc) is 3.09. The monoisotopic (exact) mass is 441 g/mol. The molecule has 6 heteroatoms. The Morgan fingerprint density at radius 1 is 1.00 bits per heavy atom. The van der Waals surface area contributed by atoms with Crippen molar-refractivity contribution in [1.29, 1.82) is 0 Å². The quantitative estimate of drug-likeness (QED) is 0.495. The summed E-state index contributed by atoms with van der Waals surface area (Å²) in [5, 5.41) is 11.6. The summed E-state index contributed by atoms with van der Waals surface area (Å²) >= 11 is 0. The third-order valence-corrected chi connectivity index (χ3v) is 5.44. The first-order chi connectivity index (χ1) is 15.3. The molecule has 0 aromatic heterocycles. The summed E-state index contributed by atoms with van der Waals surface area (Å²) < 4.78 is 11.1. The second kappa shape index (κ2) is 12.2. The average molecular weight is 442 g/mol. The number of aliphatic carboxylic acids is 1. The van der Waals surface area contributed by atoms with Gasteiger partial charge in [-0.3, -0.25) is 4.79 Å². The van der Waals surface area contributed by atoms with Gasteiger partial charge >= 0.3 is 12.1 Å². The van der Waals surface area contributed by atoms with Gasteiger partial charge in [0, 0.05) is 12.5 Å². The second-order valence-corrected chi connectivity index (χ2v) is 8.18. The van der Waals surface area contributed by atoms with Crippen molar-refractivity contribution in [1.82, 2.24) is 5.32 Å². The predicted octanol–water partition coefficient (Wildman–Crippen LogP) is 5.60. The summed E-state index contributed by atoms with van der Waals surface area (Å²) in [6.45, 7) is 8.62. The number of carbonyl (C=O) groups is 2. The van der Waals surface area contributed by atoms with Crippen molar-refractivity contribution in [3.05, 3.63) is 59.7 Å². The lowest BCUT2D eigenvalue weighted by Gasteiger charge is -2.26. The van der Waals surface area contributed by atoms with E-state index in [4.69, 9.17) is 14.6 Å². The van der Waals surface area contributed by atoms with E-state index in [2.05, 4.69) is 43.4 Å². The lowest BCUT2D eigenvalue weighted by molar-refractivity contribution is -0.144. The molecule has 0 aliphatic heterocycles. The van der Waals surface area contributed by atoms with Crippen LogP contribution in [0.5, 0.6) is 0 Å². The maximum Gasteiger partial charge on any atom is 0.407 e. The van der Waals surface area contributed by atoms with Crippen LogP contribution >= 0.6 is 0 Å². The van der Waals surface area contributed by atoms with Crippen LogP contribution in [0, 0.1) is 0 Å². The fourth-order valence-electron chi connectivity index (χ4n) is 3.70. The Labute approximate surface area is 190 Å². The molecule has 2 aromatic rings. The van der Waals surface area contributed by atoms with Crippen molar-refractivity contribution in [2.75, 3.05) is 19.8 Å². The molecule has 0 bridgehead atoms. The fraction of sp³-hybridized carbons (Fsp3) is 0.462. The smallest absolute Gasteiger partial charge is 0.407 e. The first kappa shape index (κ1) is 25.4. The Morgan fingerprint density at radius 2 is 1.53 bits per heavy atom. The van der Waals surface area contributed by atoms with Crippen molar-refractivity contribution in [2.24, 2.45) is 0 Å². The maximum absolute atomic E-state index is 12.1. The highest BCUT2D eigenvalue weighted by atomic mass is 16.5. The number of nitrogens with one attached hydrogen (secondary N) is 1. The van der Waals surface area contributed by atoms with Gasteiger partial charge < -0.3 is 19.9 Å². The second-order valence-electron chi connectivity index (χ2n) is 8.18. The SMILES string of the molecule is CCC.CCC(C)(CC(=O)O)OCCNC(=O)OCC1c2ccccc2-c2ccccc21. The lowest BCUT2D eigenvalue weighted by Crippen LogP contribution is -2.35. The topological polar surface area (TPSA) is 84.9 Å².